The van der Waals surface area contributed by atoms with Gasteiger partial charge in [0.05, 0.1) is 11.4 Å². The topological polar surface area (TPSA) is 24.1 Å². The van der Waals surface area contributed by atoms with Crippen LogP contribution in [0.4, 0.5) is 11.4 Å². The van der Waals surface area contributed by atoms with Gasteiger partial charge in [-0.25, -0.2) is 0 Å². The minimum absolute atomic E-state index is 1.05. The van der Waals surface area contributed by atoms with E-state index in [0.29, 0.717) is 0 Å². The summed E-state index contributed by atoms with van der Waals surface area (Å²) < 4.78 is 4.21. The molecule has 6 heteroatoms. The van der Waals surface area contributed by atoms with Crippen LogP contribution in [-0.2, 0) is 0 Å². The van der Waals surface area contributed by atoms with E-state index in [1.165, 1.54) is 44.5 Å². The maximum atomic E-state index is 3.60. The number of benzene rings is 4. The molecule has 0 bridgehead atoms. The minimum Gasteiger partial charge on any atom is -0.386 e. The summed E-state index contributed by atoms with van der Waals surface area (Å²) in [6, 6.07) is 25.4. The maximum Gasteiger partial charge on any atom is 0.0626 e. The molecule has 0 aromatic heterocycles. The molecule has 200 valence electrons. The molecule has 0 unspecified atom stereocenters. The molecule has 4 aromatic carbocycles. The molecule has 2 nitrogen and oxygen atoms in total. The van der Waals surface area contributed by atoms with Gasteiger partial charge in [0.1, 0.15) is 0 Å². The third-order valence-corrected chi connectivity index (χ3v) is 9.20. The summed E-state index contributed by atoms with van der Waals surface area (Å²) in [5.74, 6) is 0. The highest BCUT2D eigenvalue weighted by Crippen LogP contribution is 2.37. The van der Waals surface area contributed by atoms with E-state index < -0.39 is 0 Å². The Bertz CT molecular complexity index is 1540. The highest BCUT2D eigenvalue weighted by atomic mass is 79.9. The van der Waals surface area contributed by atoms with E-state index >= 15 is 0 Å². The zero-order valence-corrected chi connectivity index (χ0v) is 28.2. The largest absolute Gasteiger partial charge is 0.386 e. The lowest BCUT2D eigenvalue weighted by Crippen LogP contribution is -1.91. The van der Waals surface area contributed by atoms with Crippen molar-refractivity contribution in [3.63, 3.8) is 0 Å². The monoisotopic (exact) mass is 778 g/mol. The molecule has 40 heavy (non-hydrogen) atoms. The molecule has 2 aliphatic rings. The number of hydrogen-bond acceptors (Lipinski definition) is 2. The zero-order valence-electron chi connectivity index (χ0n) is 21.9. The highest BCUT2D eigenvalue weighted by Gasteiger charge is 2.12. The second-order valence-electron chi connectivity index (χ2n) is 9.26. The van der Waals surface area contributed by atoms with Crippen molar-refractivity contribution in [1.82, 2.24) is 0 Å². The smallest absolute Gasteiger partial charge is 0.0626 e. The minimum atomic E-state index is 1.05. The Labute approximate surface area is 269 Å². The number of rotatable bonds is 4. The molecule has 0 amide bonds. The van der Waals surface area contributed by atoms with Gasteiger partial charge in [-0.1, -0.05) is 72.8 Å². The second-order valence-corrected chi connectivity index (χ2v) is 12.7. The molecule has 0 saturated carbocycles. The van der Waals surface area contributed by atoms with Crippen molar-refractivity contribution in [2.45, 2.75) is 0 Å². The fraction of sp³-hybridized carbons (Fsp3) is 0.0588. The molecular formula is C34H26Br4N2. The van der Waals surface area contributed by atoms with E-state index in [1.807, 2.05) is 14.1 Å². The maximum absolute atomic E-state index is 3.60. The summed E-state index contributed by atoms with van der Waals surface area (Å²) in [7, 11) is 3.83. The summed E-state index contributed by atoms with van der Waals surface area (Å²) in [5.41, 5.74) is 12.1. The summed E-state index contributed by atoms with van der Waals surface area (Å²) in [6.07, 6.45) is 13.1. The molecule has 4 aromatic rings. The molecule has 2 N–H and O–H groups in total. The molecular weight excluding hydrogens is 756 g/mol. The fourth-order valence-electron chi connectivity index (χ4n) is 4.79. The number of halogens is 4. The van der Waals surface area contributed by atoms with Crippen LogP contribution in [0.15, 0.2) is 103 Å². The third kappa shape index (κ3) is 6.31. The van der Waals surface area contributed by atoms with Gasteiger partial charge >= 0.3 is 0 Å². The van der Waals surface area contributed by atoms with Crippen LogP contribution in [0.3, 0.4) is 0 Å². The highest BCUT2D eigenvalue weighted by molar-refractivity contribution is 9.11. The number of anilines is 2. The Morgan fingerprint density at radius 2 is 0.850 bits per heavy atom. The summed E-state index contributed by atoms with van der Waals surface area (Å²) in [5, 5.41) is 6.34. The Morgan fingerprint density at radius 3 is 1.20 bits per heavy atom. The van der Waals surface area contributed by atoms with Gasteiger partial charge in [-0.05, 0) is 145 Å². The van der Waals surface area contributed by atoms with E-state index in [4.69, 9.17) is 0 Å². The second kappa shape index (κ2) is 12.9. The Balaban J connectivity index is 0.000000161. The van der Waals surface area contributed by atoms with Crippen LogP contribution in [0.5, 0.6) is 0 Å². The van der Waals surface area contributed by atoms with Crippen molar-refractivity contribution in [2.24, 2.45) is 0 Å². The molecule has 0 saturated heterocycles. The lowest BCUT2D eigenvalue weighted by atomic mass is 10.0. The molecule has 0 radical (unpaired) electrons. The Hall–Kier alpha value is -2.64. The molecule has 0 spiro atoms. The average molecular weight is 782 g/mol. The first kappa shape index (κ1) is 28.9. The van der Waals surface area contributed by atoms with Gasteiger partial charge in [0.25, 0.3) is 0 Å². The first-order chi connectivity index (χ1) is 19.4. The number of allylic oxidation sites excluding steroid dienone is 4. The van der Waals surface area contributed by atoms with E-state index in [-0.39, 0.29) is 0 Å². The van der Waals surface area contributed by atoms with Gasteiger partial charge in [0.15, 0.2) is 0 Å². The zero-order chi connectivity index (χ0) is 28.2. The van der Waals surface area contributed by atoms with Crippen molar-refractivity contribution in [3.8, 4) is 0 Å². The standard InChI is InChI=1S/2C17H13Br2N/c2*1-20-17-15(18)9-11(10-16(17)19)8-13-7-6-12-4-2-3-5-14(12)13/h2*2-10,20H,1H3. The van der Waals surface area contributed by atoms with Crippen LogP contribution < -0.4 is 10.6 Å². The Morgan fingerprint density at radius 1 is 0.500 bits per heavy atom. The average Bonchev–Trinajstić information content (AvgIpc) is 3.53. The van der Waals surface area contributed by atoms with Gasteiger partial charge in [-0.15, -0.1) is 0 Å². The van der Waals surface area contributed by atoms with Crippen LogP contribution in [0.25, 0.3) is 35.5 Å². The van der Waals surface area contributed by atoms with E-state index in [9.17, 15) is 0 Å². The predicted molar refractivity (Wildman–Crippen MR) is 189 cm³/mol. The molecule has 0 atom stereocenters. The first-order valence-electron chi connectivity index (χ1n) is 12.7. The van der Waals surface area contributed by atoms with Gasteiger partial charge < -0.3 is 10.6 Å². The van der Waals surface area contributed by atoms with Gasteiger partial charge in [-0.3, -0.25) is 0 Å². The van der Waals surface area contributed by atoms with Crippen molar-refractivity contribution < 1.29 is 0 Å². The van der Waals surface area contributed by atoms with E-state index in [2.05, 4.69) is 184 Å². The molecule has 6 rings (SSSR count). The molecule has 2 aliphatic carbocycles. The van der Waals surface area contributed by atoms with Crippen LogP contribution in [0, 0.1) is 0 Å². The quantitative estimate of drug-likeness (QED) is 0.215. The first-order valence-corrected chi connectivity index (χ1v) is 15.9. The number of fused-ring (bicyclic) bond motifs is 2. The lowest BCUT2D eigenvalue weighted by Gasteiger charge is -2.08. The fourth-order valence-corrected chi connectivity index (χ4v) is 8.03. The van der Waals surface area contributed by atoms with E-state index in [1.54, 1.807) is 0 Å². The summed E-state index contributed by atoms with van der Waals surface area (Å²) in [4.78, 5) is 0. The molecule has 0 heterocycles. The van der Waals surface area contributed by atoms with Crippen molar-refractivity contribution in [1.29, 1.82) is 0 Å². The van der Waals surface area contributed by atoms with Gasteiger partial charge in [0, 0.05) is 32.0 Å². The van der Waals surface area contributed by atoms with Gasteiger partial charge in [0.2, 0.25) is 0 Å². The van der Waals surface area contributed by atoms with Crippen molar-refractivity contribution in [3.05, 3.63) is 136 Å². The lowest BCUT2D eigenvalue weighted by molar-refractivity contribution is 1.45. The Kier molecular flexibility index (Phi) is 9.31. The van der Waals surface area contributed by atoms with Crippen LogP contribution in [0.2, 0.25) is 0 Å². The van der Waals surface area contributed by atoms with Crippen LogP contribution >= 0.6 is 63.7 Å². The SMILES string of the molecule is CNc1c(Br)cc(C=C2C=Cc3ccccc32)cc1Br.CNc1c(Br)cc(C=C2C=Cc3ccccc32)cc1Br. The molecule has 0 fully saturated rings. The third-order valence-electron chi connectivity index (χ3n) is 6.70. The van der Waals surface area contributed by atoms with Crippen molar-refractivity contribution >= 4 is 111 Å². The predicted octanol–water partition coefficient (Wildman–Crippen LogP) is 11.6. The van der Waals surface area contributed by atoms with Crippen LogP contribution in [-0.4, -0.2) is 14.1 Å². The summed E-state index contributed by atoms with van der Waals surface area (Å²) >= 11 is 14.4. The molecule has 0 aliphatic heterocycles. The van der Waals surface area contributed by atoms with Crippen molar-refractivity contribution in [2.75, 3.05) is 24.7 Å². The summed E-state index contributed by atoms with van der Waals surface area (Å²) in [6.45, 7) is 0. The number of hydrogen-bond donors (Lipinski definition) is 2. The number of nitrogens with one attached hydrogen (secondary N) is 2. The van der Waals surface area contributed by atoms with Gasteiger partial charge in [-0.2, -0.15) is 0 Å². The van der Waals surface area contributed by atoms with E-state index in [0.717, 1.165) is 29.3 Å². The normalized spacial score (nSPS) is 14.7. The van der Waals surface area contributed by atoms with Crippen LogP contribution in [0.1, 0.15) is 33.4 Å².